The van der Waals surface area contributed by atoms with Crippen LogP contribution in [0.25, 0.3) is 6.08 Å². The number of nitriles is 1. The maximum atomic E-state index is 13.0. The lowest BCUT2D eigenvalue weighted by Gasteiger charge is -2.01. The van der Waals surface area contributed by atoms with Crippen LogP contribution in [0.5, 0.6) is 0 Å². The number of anilines is 1. The average molecular weight is 398 g/mol. The molecule has 134 valence electrons. The molecule has 4 nitrogen and oxygen atoms in total. The molecule has 0 fully saturated rings. The smallest absolute Gasteiger partial charge is 0.268 e. The summed E-state index contributed by atoms with van der Waals surface area (Å²) < 4.78 is 13.0. The van der Waals surface area contributed by atoms with E-state index >= 15 is 0 Å². The molecular weight excluding hydrogens is 385 g/mol. The Morgan fingerprint density at radius 3 is 2.59 bits per heavy atom. The second-order valence-electron chi connectivity index (χ2n) is 5.61. The molecule has 1 N–H and O–H groups in total. The number of hydrogen-bond donors (Lipinski definition) is 1. The molecule has 0 spiro atoms. The van der Waals surface area contributed by atoms with Crippen molar-refractivity contribution in [3.05, 3.63) is 87.1 Å². The lowest BCUT2D eigenvalue weighted by molar-refractivity contribution is -0.112. The van der Waals surface area contributed by atoms with Crippen molar-refractivity contribution in [2.75, 3.05) is 5.32 Å². The highest BCUT2D eigenvalue weighted by Crippen LogP contribution is 2.22. The number of halogens is 2. The number of nitrogens with zero attached hydrogens (tertiary/aromatic N) is 2. The number of rotatable bonds is 5. The Bertz CT molecular complexity index is 1020. The zero-order chi connectivity index (χ0) is 19.2. The van der Waals surface area contributed by atoms with E-state index < -0.39 is 5.91 Å². The summed E-state index contributed by atoms with van der Waals surface area (Å²) in [5.41, 5.74) is 1.60. The number of carbonyl (C=O) groups is 1. The molecule has 0 aliphatic heterocycles. The van der Waals surface area contributed by atoms with E-state index in [-0.39, 0.29) is 11.4 Å². The normalized spacial score (nSPS) is 11.1. The largest absolute Gasteiger partial charge is 0.297 e. The molecule has 0 unspecified atom stereocenters. The first-order valence-corrected chi connectivity index (χ1v) is 9.11. The van der Waals surface area contributed by atoms with Crippen molar-refractivity contribution in [1.82, 2.24) is 4.98 Å². The van der Waals surface area contributed by atoms with Crippen LogP contribution in [0.1, 0.15) is 16.0 Å². The summed E-state index contributed by atoms with van der Waals surface area (Å²) in [5.74, 6) is -0.817. The zero-order valence-corrected chi connectivity index (χ0v) is 15.5. The van der Waals surface area contributed by atoms with E-state index in [4.69, 9.17) is 11.6 Å². The highest BCUT2D eigenvalue weighted by Gasteiger charge is 2.12. The lowest BCUT2D eigenvalue weighted by Crippen LogP contribution is -2.13. The summed E-state index contributed by atoms with van der Waals surface area (Å²) in [5, 5.41) is 12.9. The summed E-state index contributed by atoms with van der Waals surface area (Å²) in [6, 6.07) is 14.9. The van der Waals surface area contributed by atoms with Gasteiger partial charge in [-0.25, -0.2) is 9.37 Å². The van der Waals surface area contributed by atoms with Gasteiger partial charge in [0.15, 0.2) is 5.13 Å². The van der Waals surface area contributed by atoms with Gasteiger partial charge in [-0.05, 0) is 41.5 Å². The first-order chi connectivity index (χ1) is 13.0. The van der Waals surface area contributed by atoms with E-state index in [1.54, 1.807) is 42.6 Å². The molecule has 1 heterocycles. The van der Waals surface area contributed by atoms with Gasteiger partial charge in [-0.15, -0.1) is 11.3 Å². The van der Waals surface area contributed by atoms with Crippen LogP contribution in [-0.2, 0) is 11.2 Å². The van der Waals surface area contributed by atoms with Crippen LogP contribution in [0, 0.1) is 17.1 Å². The molecular formula is C20H13ClFN3OS. The molecule has 1 amide bonds. The van der Waals surface area contributed by atoms with Gasteiger partial charge < -0.3 is 0 Å². The van der Waals surface area contributed by atoms with E-state index in [1.165, 1.54) is 29.5 Å². The van der Waals surface area contributed by atoms with E-state index in [0.717, 1.165) is 10.4 Å². The van der Waals surface area contributed by atoms with Crippen LogP contribution in [0.4, 0.5) is 9.52 Å². The summed E-state index contributed by atoms with van der Waals surface area (Å²) in [6.45, 7) is 0. The topological polar surface area (TPSA) is 65.8 Å². The SMILES string of the molecule is N#C/C(=C/c1ccc(Cl)cc1)C(=O)Nc1ncc(Cc2ccc(F)cc2)s1. The van der Waals surface area contributed by atoms with E-state index in [9.17, 15) is 14.4 Å². The molecule has 2 aromatic carbocycles. The molecule has 3 aromatic rings. The summed E-state index contributed by atoms with van der Waals surface area (Å²) in [6.07, 6.45) is 3.72. The minimum absolute atomic E-state index is 0.0346. The van der Waals surface area contributed by atoms with Gasteiger partial charge in [0.2, 0.25) is 0 Å². The number of thiazole rings is 1. The molecule has 1 aromatic heterocycles. The molecule has 0 atom stereocenters. The average Bonchev–Trinajstić information content (AvgIpc) is 3.10. The Kier molecular flexibility index (Phi) is 5.97. The highest BCUT2D eigenvalue weighted by atomic mass is 35.5. The van der Waals surface area contributed by atoms with Gasteiger partial charge in [-0.1, -0.05) is 35.9 Å². The predicted octanol–water partition coefficient (Wildman–Crippen LogP) is 5.07. The molecule has 0 bridgehead atoms. The monoisotopic (exact) mass is 397 g/mol. The van der Waals surface area contributed by atoms with Crippen LogP contribution in [0.3, 0.4) is 0 Å². The third-order valence-corrected chi connectivity index (χ3v) is 4.78. The van der Waals surface area contributed by atoms with Crippen LogP contribution >= 0.6 is 22.9 Å². The van der Waals surface area contributed by atoms with Gasteiger partial charge in [-0.3, -0.25) is 10.1 Å². The van der Waals surface area contributed by atoms with E-state index in [1.807, 2.05) is 6.07 Å². The lowest BCUT2D eigenvalue weighted by atomic mass is 10.1. The molecule has 7 heteroatoms. The van der Waals surface area contributed by atoms with Gasteiger partial charge in [0.1, 0.15) is 17.5 Å². The Morgan fingerprint density at radius 2 is 1.93 bits per heavy atom. The van der Waals surface area contributed by atoms with Crippen LogP contribution in [0.2, 0.25) is 5.02 Å². The molecule has 27 heavy (non-hydrogen) atoms. The standard InChI is InChI=1S/C20H13ClFN3OS/c21-16-5-1-13(2-6-16)9-15(11-23)19(26)25-20-24-12-18(27-20)10-14-3-7-17(22)8-4-14/h1-9,12H,10H2,(H,24,25,26)/b15-9-. The quantitative estimate of drug-likeness (QED) is 0.482. The molecule has 0 saturated heterocycles. The summed E-state index contributed by atoms with van der Waals surface area (Å²) in [7, 11) is 0. The first kappa shape index (κ1) is 18.8. The van der Waals surface area contributed by atoms with Crippen molar-refractivity contribution in [3.63, 3.8) is 0 Å². The Balaban J connectivity index is 1.68. The van der Waals surface area contributed by atoms with E-state index in [2.05, 4.69) is 10.3 Å². The van der Waals surface area contributed by atoms with Crippen molar-refractivity contribution in [2.45, 2.75) is 6.42 Å². The predicted molar refractivity (Wildman–Crippen MR) is 105 cm³/mol. The number of nitrogens with one attached hydrogen (secondary N) is 1. The zero-order valence-electron chi connectivity index (χ0n) is 13.9. The molecule has 3 rings (SSSR count). The van der Waals surface area contributed by atoms with Gasteiger partial charge in [0, 0.05) is 22.5 Å². The molecule has 0 radical (unpaired) electrons. The molecule has 0 aliphatic rings. The third kappa shape index (κ3) is 5.23. The van der Waals surface area contributed by atoms with Crippen molar-refractivity contribution < 1.29 is 9.18 Å². The number of carbonyl (C=O) groups excluding carboxylic acids is 1. The minimum Gasteiger partial charge on any atom is -0.297 e. The van der Waals surface area contributed by atoms with Crippen molar-refractivity contribution in [1.29, 1.82) is 5.26 Å². The fourth-order valence-corrected chi connectivity index (χ4v) is 3.26. The van der Waals surface area contributed by atoms with Crippen molar-refractivity contribution >= 4 is 40.1 Å². The highest BCUT2D eigenvalue weighted by molar-refractivity contribution is 7.15. The van der Waals surface area contributed by atoms with Crippen LogP contribution in [0.15, 0.2) is 60.3 Å². The van der Waals surface area contributed by atoms with Crippen molar-refractivity contribution in [2.24, 2.45) is 0 Å². The van der Waals surface area contributed by atoms with Crippen LogP contribution < -0.4 is 5.32 Å². The fourth-order valence-electron chi connectivity index (χ4n) is 2.29. The van der Waals surface area contributed by atoms with Crippen molar-refractivity contribution in [3.8, 4) is 6.07 Å². The fraction of sp³-hybridized carbons (Fsp3) is 0.0500. The molecule has 0 aliphatic carbocycles. The Hall–Kier alpha value is -3.01. The second kappa shape index (κ2) is 8.58. The first-order valence-electron chi connectivity index (χ1n) is 7.91. The number of benzene rings is 2. The van der Waals surface area contributed by atoms with Crippen LogP contribution in [-0.4, -0.2) is 10.9 Å². The maximum absolute atomic E-state index is 13.0. The second-order valence-corrected chi connectivity index (χ2v) is 7.16. The number of amides is 1. The Labute approximate surface area is 164 Å². The third-order valence-electron chi connectivity index (χ3n) is 3.61. The number of aromatic nitrogens is 1. The minimum atomic E-state index is -0.532. The van der Waals surface area contributed by atoms with Gasteiger partial charge in [0.25, 0.3) is 5.91 Å². The summed E-state index contributed by atoms with van der Waals surface area (Å²) >= 11 is 7.14. The maximum Gasteiger partial charge on any atom is 0.268 e. The van der Waals surface area contributed by atoms with Gasteiger partial charge in [-0.2, -0.15) is 5.26 Å². The van der Waals surface area contributed by atoms with E-state index in [0.29, 0.717) is 22.1 Å². The Morgan fingerprint density at radius 1 is 1.22 bits per heavy atom. The summed E-state index contributed by atoms with van der Waals surface area (Å²) in [4.78, 5) is 17.4. The number of hydrogen-bond acceptors (Lipinski definition) is 4. The van der Waals surface area contributed by atoms with Gasteiger partial charge >= 0.3 is 0 Å². The van der Waals surface area contributed by atoms with Gasteiger partial charge in [0.05, 0.1) is 0 Å². The molecule has 0 saturated carbocycles.